The molecule has 2 aromatic rings. The van der Waals surface area contributed by atoms with Crippen LogP contribution in [0.5, 0.6) is 0 Å². The normalized spacial score (nSPS) is 10.6. The van der Waals surface area contributed by atoms with Crippen molar-refractivity contribution in [3.05, 3.63) is 41.5 Å². The SMILES string of the molecule is COCCNc1nc(Cc2ccccc2F)ns1. The quantitative estimate of drug-likeness (QED) is 0.816. The highest BCUT2D eigenvalue weighted by Gasteiger charge is 2.07. The van der Waals surface area contributed by atoms with Crippen LogP contribution in [0.15, 0.2) is 24.3 Å². The van der Waals surface area contributed by atoms with Crippen LogP contribution >= 0.6 is 11.5 Å². The van der Waals surface area contributed by atoms with Crippen molar-refractivity contribution in [2.75, 3.05) is 25.6 Å². The fourth-order valence-corrected chi connectivity index (χ4v) is 2.08. The van der Waals surface area contributed by atoms with Gasteiger partial charge in [0.1, 0.15) is 11.6 Å². The van der Waals surface area contributed by atoms with E-state index in [1.807, 2.05) is 6.07 Å². The molecule has 1 heterocycles. The average Bonchev–Trinajstić information content (AvgIpc) is 2.80. The Morgan fingerprint density at radius 1 is 1.39 bits per heavy atom. The molecule has 1 aromatic heterocycles. The van der Waals surface area contributed by atoms with Crippen LogP contribution in [0.3, 0.4) is 0 Å². The summed E-state index contributed by atoms with van der Waals surface area (Å²) in [6.45, 7) is 1.30. The lowest BCUT2D eigenvalue weighted by Gasteiger charge is -2.00. The van der Waals surface area contributed by atoms with Crippen LogP contribution < -0.4 is 5.32 Å². The predicted molar refractivity (Wildman–Crippen MR) is 69.5 cm³/mol. The third-order valence-corrected chi connectivity index (χ3v) is 3.07. The van der Waals surface area contributed by atoms with Gasteiger partial charge in [0, 0.05) is 31.6 Å². The highest BCUT2D eigenvalue weighted by molar-refractivity contribution is 7.09. The molecule has 0 aliphatic heterocycles. The van der Waals surface area contributed by atoms with Gasteiger partial charge in [-0.3, -0.25) is 0 Å². The van der Waals surface area contributed by atoms with Crippen LogP contribution in [0, 0.1) is 5.82 Å². The molecule has 2 rings (SSSR count). The zero-order chi connectivity index (χ0) is 12.8. The predicted octanol–water partition coefficient (Wildman–Crippen LogP) is 2.33. The molecule has 0 aliphatic carbocycles. The number of anilines is 1. The molecule has 0 fully saturated rings. The standard InChI is InChI=1S/C12H14FN3OS/c1-17-7-6-14-12-15-11(16-18-12)8-9-4-2-3-5-10(9)13/h2-5H,6-8H2,1H3,(H,14,15,16). The smallest absolute Gasteiger partial charge is 0.202 e. The van der Waals surface area contributed by atoms with Gasteiger partial charge in [0.15, 0.2) is 0 Å². The molecule has 1 N–H and O–H groups in total. The van der Waals surface area contributed by atoms with E-state index in [4.69, 9.17) is 4.74 Å². The van der Waals surface area contributed by atoms with E-state index in [1.165, 1.54) is 17.6 Å². The third-order valence-electron chi connectivity index (χ3n) is 2.36. The van der Waals surface area contributed by atoms with Gasteiger partial charge in [-0.05, 0) is 11.6 Å². The number of methoxy groups -OCH3 is 1. The summed E-state index contributed by atoms with van der Waals surface area (Å²) < 4.78 is 22.6. The van der Waals surface area contributed by atoms with Gasteiger partial charge in [0.2, 0.25) is 5.13 Å². The molecule has 0 saturated carbocycles. The van der Waals surface area contributed by atoms with Gasteiger partial charge in [-0.2, -0.15) is 4.37 Å². The Bertz CT molecular complexity index is 504. The minimum atomic E-state index is -0.221. The van der Waals surface area contributed by atoms with Crippen LogP contribution in [0.25, 0.3) is 0 Å². The molecular weight excluding hydrogens is 253 g/mol. The van der Waals surface area contributed by atoms with Gasteiger partial charge in [0.25, 0.3) is 0 Å². The molecule has 0 spiro atoms. The molecular formula is C12H14FN3OS. The fraction of sp³-hybridized carbons (Fsp3) is 0.333. The zero-order valence-corrected chi connectivity index (χ0v) is 10.8. The maximum Gasteiger partial charge on any atom is 0.202 e. The second-order valence-corrected chi connectivity index (χ2v) is 4.46. The van der Waals surface area contributed by atoms with Gasteiger partial charge in [0.05, 0.1) is 6.61 Å². The maximum atomic E-state index is 13.4. The van der Waals surface area contributed by atoms with Crippen molar-refractivity contribution >= 4 is 16.7 Å². The van der Waals surface area contributed by atoms with Crippen molar-refractivity contribution in [1.29, 1.82) is 0 Å². The van der Waals surface area contributed by atoms with Crippen molar-refractivity contribution in [1.82, 2.24) is 9.36 Å². The van der Waals surface area contributed by atoms with Gasteiger partial charge in [-0.15, -0.1) is 0 Å². The fourth-order valence-electron chi connectivity index (χ4n) is 1.47. The number of hydrogen-bond acceptors (Lipinski definition) is 5. The first-order valence-corrected chi connectivity index (χ1v) is 6.35. The summed E-state index contributed by atoms with van der Waals surface area (Å²) in [5.41, 5.74) is 0.610. The van der Waals surface area contributed by atoms with E-state index < -0.39 is 0 Å². The van der Waals surface area contributed by atoms with Gasteiger partial charge >= 0.3 is 0 Å². The molecule has 0 bridgehead atoms. The summed E-state index contributed by atoms with van der Waals surface area (Å²) in [7, 11) is 1.64. The summed E-state index contributed by atoms with van der Waals surface area (Å²) in [6, 6.07) is 6.67. The minimum Gasteiger partial charge on any atom is -0.383 e. The lowest BCUT2D eigenvalue weighted by Crippen LogP contribution is -2.07. The molecule has 4 nitrogen and oxygen atoms in total. The number of nitrogens with zero attached hydrogens (tertiary/aromatic N) is 2. The monoisotopic (exact) mass is 267 g/mol. The van der Waals surface area contributed by atoms with Crippen molar-refractivity contribution in [2.24, 2.45) is 0 Å². The van der Waals surface area contributed by atoms with E-state index in [0.29, 0.717) is 31.0 Å². The Morgan fingerprint density at radius 2 is 2.22 bits per heavy atom. The summed E-state index contributed by atoms with van der Waals surface area (Å²) in [4.78, 5) is 4.29. The number of halogens is 1. The van der Waals surface area contributed by atoms with Crippen LogP contribution in [-0.2, 0) is 11.2 Å². The Kier molecular flexibility index (Phi) is 4.60. The molecule has 0 atom stereocenters. The molecule has 0 amide bonds. The molecule has 6 heteroatoms. The van der Waals surface area contributed by atoms with Crippen molar-refractivity contribution in [2.45, 2.75) is 6.42 Å². The Labute approximate surface area is 109 Å². The maximum absolute atomic E-state index is 13.4. The first kappa shape index (κ1) is 12.9. The van der Waals surface area contributed by atoms with Crippen LogP contribution in [-0.4, -0.2) is 29.6 Å². The van der Waals surface area contributed by atoms with E-state index >= 15 is 0 Å². The van der Waals surface area contributed by atoms with E-state index in [1.54, 1.807) is 19.2 Å². The number of hydrogen-bond donors (Lipinski definition) is 1. The molecule has 0 unspecified atom stereocenters. The van der Waals surface area contributed by atoms with E-state index in [0.717, 1.165) is 5.13 Å². The number of aromatic nitrogens is 2. The largest absolute Gasteiger partial charge is 0.383 e. The number of rotatable bonds is 6. The second kappa shape index (κ2) is 6.42. The van der Waals surface area contributed by atoms with Crippen molar-refractivity contribution < 1.29 is 9.13 Å². The van der Waals surface area contributed by atoms with E-state index in [9.17, 15) is 4.39 Å². The van der Waals surface area contributed by atoms with Crippen molar-refractivity contribution in [3.63, 3.8) is 0 Å². The van der Waals surface area contributed by atoms with E-state index in [2.05, 4.69) is 14.7 Å². The lowest BCUT2D eigenvalue weighted by molar-refractivity contribution is 0.211. The van der Waals surface area contributed by atoms with Gasteiger partial charge in [-0.1, -0.05) is 18.2 Å². The molecule has 0 aliphatic rings. The molecule has 18 heavy (non-hydrogen) atoms. The molecule has 0 saturated heterocycles. The number of nitrogens with one attached hydrogen (secondary N) is 1. The van der Waals surface area contributed by atoms with Gasteiger partial charge in [-0.25, -0.2) is 9.37 Å². The summed E-state index contributed by atoms with van der Waals surface area (Å²) in [6.07, 6.45) is 0.412. The Hall–Kier alpha value is -1.53. The van der Waals surface area contributed by atoms with Crippen LogP contribution in [0.1, 0.15) is 11.4 Å². The molecule has 1 aromatic carbocycles. The van der Waals surface area contributed by atoms with Crippen LogP contribution in [0.4, 0.5) is 9.52 Å². The lowest BCUT2D eigenvalue weighted by atomic mass is 10.1. The first-order chi connectivity index (χ1) is 8.79. The van der Waals surface area contributed by atoms with E-state index in [-0.39, 0.29) is 5.82 Å². The van der Waals surface area contributed by atoms with Crippen LogP contribution in [0.2, 0.25) is 0 Å². The topological polar surface area (TPSA) is 47.0 Å². The molecule has 0 radical (unpaired) electrons. The minimum absolute atomic E-state index is 0.221. The molecule has 96 valence electrons. The highest BCUT2D eigenvalue weighted by atomic mass is 32.1. The zero-order valence-electron chi connectivity index (χ0n) is 10.0. The third kappa shape index (κ3) is 3.48. The average molecular weight is 267 g/mol. The Morgan fingerprint density at radius 3 is 3.00 bits per heavy atom. The Balaban J connectivity index is 1.96. The summed E-state index contributed by atoms with van der Waals surface area (Å²) in [5, 5.41) is 3.83. The highest BCUT2D eigenvalue weighted by Crippen LogP contribution is 2.15. The number of benzene rings is 1. The first-order valence-electron chi connectivity index (χ1n) is 5.58. The second-order valence-electron chi connectivity index (χ2n) is 3.70. The van der Waals surface area contributed by atoms with Gasteiger partial charge < -0.3 is 10.1 Å². The summed E-state index contributed by atoms with van der Waals surface area (Å²) in [5.74, 6) is 0.409. The van der Waals surface area contributed by atoms with Crippen molar-refractivity contribution in [3.8, 4) is 0 Å². The summed E-state index contributed by atoms with van der Waals surface area (Å²) >= 11 is 1.27. The number of ether oxygens (including phenoxy) is 1.